The van der Waals surface area contributed by atoms with E-state index in [1.54, 1.807) is 37.3 Å². The van der Waals surface area contributed by atoms with E-state index in [1.165, 1.54) is 12.1 Å². The van der Waals surface area contributed by atoms with Crippen LogP contribution < -0.4 is 10.6 Å². The van der Waals surface area contributed by atoms with Gasteiger partial charge in [0.1, 0.15) is 11.9 Å². The number of aromatic nitrogens is 2. The minimum atomic E-state index is -4.38. The minimum absolute atomic E-state index is 0.270. The van der Waals surface area contributed by atoms with Crippen LogP contribution in [0.5, 0.6) is 0 Å². The van der Waals surface area contributed by atoms with Crippen LogP contribution in [0.25, 0.3) is 0 Å². The smallest absolute Gasteiger partial charge is 0.340 e. The molecule has 0 fully saturated rings. The summed E-state index contributed by atoms with van der Waals surface area (Å²) < 4.78 is 37.9. The molecule has 2 N–H and O–H groups in total. The molecule has 0 aliphatic rings. The quantitative estimate of drug-likeness (QED) is 0.664. The fourth-order valence-corrected chi connectivity index (χ4v) is 2.39. The Kier molecular flexibility index (Phi) is 4.94. The molecule has 0 bridgehead atoms. The van der Waals surface area contributed by atoms with Crippen LogP contribution in [-0.4, -0.2) is 9.97 Å². The number of alkyl halides is 3. The standard InChI is InChI=1S/C19H14F3N5/c1-12-10-17(25-15-8-6-14(7-9-15)19(20,21)22)27-18(24-12)26-16-5-3-2-4-13(16)11-23/h2-10H,1H3,(H2,24,25,26,27). The molecule has 0 spiro atoms. The number of halogens is 3. The third kappa shape index (κ3) is 4.52. The van der Waals surface area contributed by atoms with E-state index in [2.05, 4.69) is 26.7 Å². The average Bonchev–Trinajstić information content (AvgIpc) is 2.61. The fraction of sp³-hybridized carbons (Fsp3) is 0.105. The normalized spacial score (nSPS) is 10.9. The molecular formula is C19H14F3N5. The zero-order chi connectivity index (χ0) is 19.4. The van der Waals surface area contributed by atoms with Gasteiger partial charge in [0.2, 0.25) is 5.95 Å². The third-order valence-corrected chi connectivity index (χ3v) is 3.63. The summed E-state index contributed by atoms with van der Waals surface area (Å²) in [4.78, 5) is 8.58. The predicted molar refractivity (Wildman–Crippen MR) is 95.9 cm³/mol. The van der Waals surface area contributed by atoms with Gasteiger partial charge in [0.15, 0.2) is 0 Å². The number of anilines is 4. The summed E-state index contributed by atoms with van der Waals surface area (Å²) in [5.74, 6) is 0.686. The second-order valence-electron chi connectivity index (χ2n) is 5.70. The average molecular weight is 369 g/mol. The van der Waals surface area contributed by atoms with E-state index in [9.17, 15) is 13.2 Å². The minimum Gasteiger partial charge on any atom is -0.340 e. The summed E-state index contributed by atoms with van der Waals surface area (Å²) in [7, 11) is 0. The van der Waals surface area contributed by atoms with E-state index in [1.807, 2.05) is 0 Å². The summed E-state index contributed by atoms with van der Waals surface area (Å²) in [6, 6.07) is 15.3. The van der Waals surface area contributed by atoms with Crippen molar-refractivity contribution in [1.82, 2.24) is 9.97 Å². The number of nitrogens with one attached hydrogen (secondary N) is 2. The van der Waals surface area contributed by atoms with E-state index in [-0.39, 0.29) is 5.95 Å². The third-order valence-electron chi connectivity index (χ3n) is 3.63. The lowest BCUT2D eigenvalue weighted by Gasteiger charge is -2.12. The SMILES string of the molecule is Cc1cc(Nc2ccc(C(F)(F)F)cc2)nc(Nc2ccccc2C#N)n1. The number of benzene rings is 2. The summed E-state index contributed by atoms with van der Waals surface area (Å²) in [5, 5.41) is 15.1. The lowest BCUT2D eigenvalue weighted by Crippen LogP contribution is -2.05. The topological polar surface area (TPSA) is 73.6 Å². The number of hydrogen-bond acceptors (Lipinski definition) is 5. The van der Waals surface area contributed by atoms with Crippen LogP contribution in [0, 0.1) is 18.3 Å². The summed E-state index contributed by atoms with van der Waals surface area (Å²) in [6.45, 7) is 1.76. The van der Waals surface area contributed by atoms with E-state index < -0.39 is 11.7 Å². The Morgan fingerprint density at radius 1 is 0.963 bits per heavy atom. The van der Waals surface area contributed by atoms with Crippen molar-refractivity contribution in [2.45, 2.75) is 13.1 Å². The molecule has 1 aromatic heterocycles. The lowest BCUT2D eigenvalue weighted by molar-refractivity contribution is -0.137. The molecule has 2 aromatic carbocycles. The highest BCUT2D eigenvalue weighted by molar-refractivity contribution is 5.64. The Labute approximate surface area is 153 Å². The first kappa shape index (κ1) is 18.2. The molecule has 0 saturated heterocycles. The molecule has 1 heterocycles. The van der Waals surface area contributed by atoms with Gasteiger partial charge in [-0.25, -0.2) is 4.98 Å². The lowest BCUT2D eigenvalue weighted by atomic mass is 10.2. The fourth-order valence-electron chi connectivity index (χ4n) is 2.39. The van der Waals surface area contributed by atoms with Crippen LogP contribution in [0.2, 0.25) is 0 Å². The highest BCUT2D eigenvalue weighted by Gasteiger charge is 2.29. The van der Waals surface area contributed by atoms with Crippen molar-refractivity contribution < 1.29 is 13.2 Å². The highest BCUT2D eigenvalue weighted by Crippen LogP contribution is 2.30. The summed E-state index contributed by atoms with van der Waals surface area (Å²) in [5.41, 5.74) is 1.40. The number of para-hydroxylation sites is 1. The van der Waals surface area contributed by atoms with Gasteiger partial charge in [-0.2, -0.15) is 23.4 Å². The first-order chi connectivity index (χ1) is 12.8. The van der Waals surface area contributed by atoms with E-state index >= 15 is 0 Å². The zero-order valence-electron chi connectivity index (χ0n) is 14.2. The van der Waals surface area contributed by atoms with Crippen LogP contribution in [0.4, 0.5) is 36.3 Å². The maximum atomic E-state index is 12.6. The molecule has 3 aromatic rings. The Hall–Kier alpha value is -3.60. The number of hydrogen-bond donors (Lipinski definition) is 2. The first-order valence-electron chi connectivity index (χ1n) is 7.91. The zero-order valence-corrected chi connectivity index (χ0v) is 14.2. The molecule has 136 valence electrons. The maximum Gasteiger partial charge on any atom is 0.416 e. The molecule has 27 heavy (non-hydrogen) atoms. The van der Waals surface area contributed by atoms with Crippen molar-refractivity contribution >= 4 is 23.1 Å². The van der Waals surface area contributed by atoms with Crippen LogP contribution in [-0.2, 0) is 6.18 Å². The van der Waals surface area contributed by atoms with Gasteiger partial charge in [0.05, 0.1) is 16.8 Å². The Balaban J connectivity index is 1.82. The highest BCUT2D eigenvalue weighted by atomic mass is 19.4. The molecule has 8 heteroatoms. The largest absolute Gasteiger partial charge is 0.416 e. The van der Waals surface area contributed by atoms with Gasteiger partial charge in [0, 0.05) is 17.4 Å². The van der Waals surface area contributed by atoms with Gasteiger partial charge in [-0.1, -0.05) is 12.1 Å². The molecule has 3 rings (SSSR count). The number of nitrogens with zero attached hydrogens (tertiary/aromatic N) is 3. The van der Waals surface area contributed by atoms with Crippen molar-refractivity contribution in [3.8, 4) is 6.07 Å². The van der Waals surface area contributed by atoms with Gasteiger partial charge < -0.3 is 10.6 Å². The van der Waals surface area contributed by atoms with E-state index in [0.717, 1.165) is 12.1 Å². The van der Waals surface area contributed by atoms with E-state index in [0.29, 0.717) is 28.5 Å². The Morgan fingerprint density at radius 2 is 1.67 bits per heavy atom. The first-order valence-corrected chi connectivity index (χ1v) is 7.91. The van der Waals surface area contributed by atoms with Crippen molar-refractivity contribution in [1.29, 1.82) is 5.26 Å². The van der Waals surface area contributed by atoms with Crippen molar-refractivity contribution in [3.63, 3.8) is 0 Å². The Bertz CT molecular complexity index is 991. The predicted octanol–water partition coefficient (Wildman–Crippen LogP) is 5.16. The number of rotatable bonds is 4. The van der Waals surface area contributed by atoms with Crippen molar-refractivity contribution in [2.24, 2.45) is 0 Å². The summed E-state index contributed by atoms with van der Waals surface area (Å²) in [6.07, 6.45) is -4.38. The van der Waals surface area contributed by atoms with Gasteiger partial charge in [-0.05, 0) is 43.3 Å². The molecular weight excluding hydrogens is 355 g/mol. The molecule has 0 unspecified atom stereocenters. The van der Waals surface area contributed by atoms with Crippen LogP contribution in [0.3, 0.4) is 0 Å². The van der Waals surface area contributed by atoms with Gasteiger partial charge in [-0.15, -0.1) is 0 Å². The van der Waals surface area contributed by atoms with Crippen LogP contribution >= 0.6 is 0 Å². The summed E-state index contributed by atoms with van der Waals surface area (Å²) >= 11 is 0. The second kappa shape index (κ2) is 7.33. The number of aryl methyl sites for hydroxylation is 1. The molecule has 0 aliphatic carbocycles. The maximum absolute atomic E-state index is 12.6. The van der Waals surface area contributed by atoms with Crippen molar-refractivity contribution in [2.75, 3.05) is 10.6 Å². The molecule has 5 nitrogen and oxygen atoms in total. The van der Waals surface area contributed by atoms with Crippen molar-refractivity contribution in [3.05, 3.63) is 71.4 Å². The van der Waals surface area contributed by atoms with Gasteiger partial charge >= 0.3 is 6.18 Å². The Morgan fingerprint density at radius 3 is 2.33 bits per heavy atom. The molecule has 0 amide bonds. The van der Waals surface area contributed by atoms with Gasteiger partial charge in [0.25, 0.3) is 0 Å². The molecule has 0 atom stereocenters. The molecule has 0 radical (unpaired) electrons. The van der Waals surface area contributed by atoms with E-state index in [4.69, 9.17) is 5.26 Å². The monoisotopic (exact) mass is 369 g/mol. The molecule has 0 saturated carbocycles. The molecule has 0 aliphatic heterocycles. The van der Waals surface area contributed by atoms with Crippen LogP contribution in [0.15, 0.2) is 54.6 Å². The second-order valence-corrected chi connectivity index (χ2v) is 5.70. The van der Waals surface area contributed by atoms with Crippen LogP contribution in [0.1, 0.15) is 16.8 Å². The van der Waals surface area contributed by atoms with Gasteiger partial charge in [-0.3, -0.25) is 0 Å². The number of nitriles is 1.